The van der Waals surface area contributed by atoms with Gasteiger partial charge in [0.1, 0.15) is 11.6 Å². The first-order valence-electron chi connectivity index (χ1n) is 10.3. The van der Waals surface area contributed by atoms with Crippen molar-refractivity contribution in [3.05, 3.63) is 69.4 Å². The second-order valence-corrected chi connectivity index (χ2v) is 7.38. The number of benzene rings is 2. The number of ether oxygens (including phenoxy) is 1. The average Bonchev–Trinajstić information content (AvgIpc) is 2.74. The third-order valence-electron chi connectivity index (χ3n) is 5.18. The third kappa shape index (κ3) is 5.46. The molecule has 7 nitrogen and oxygen atoms in total. The molecule has 0 spiro atoms. The van der Waals surface area contributed by atoms with Gasteiger partial charge in [0.2, 0.25) is 0 Å². The highest BCUT2D eigenvalue weighted by molar-refractivity contribution is 5.88. The van der Waals surface area contributed by atoms with Crippen LogP contribution in [0.3, 0.4) is 0 Å². The summed E-state index contributed by atoms with van der Waals surface area (Å²) in [6.45, 7) is 3.14. The van der Waals surface area contributed by atoms with Crippen LogP contribution in [0.1, 0.15) is 47.8 Å². The summed E-state index contributed by atoms with van der Waals surface area (Å²) in [5, 5.41) is 19.7. The standard InChI is InChI=1S/C20H17FN2O4.C3H9N/c21-17-7-4-11(8-16(17)20(25)26)9-18-15-10-13(27-12-2-1-3-12)5-6-14(15)19(24)23-22-18;1-3-4-2/h4-8,10,12H,1-3,9H2,(H,23,24)(H,25,26);4H,3H2,1-2H3. The molecule has 1 aromatic heterocycles. The number of hydrogen-bond acceptors (Lipinski definition) is 5. The first-order valence-corrected chi connectivity index (χ1v) is 10.3. The predicted octanol–water partition coefficient (Wildman–Crippen LogP) is 3.51. The minimum absolute atomic E-state index is 0.205. The lowest BCUT2D eigenvalue weighted by atomic mass is 9.96. The summed E-state index contributed by atoms with van der Waals surface area (Å²) in [4.78, 5) is 23.2. The summed E-state index contributed by atoms with van der Waals surface area (Å²) in [5.74, 6) is -1.45. The van der Waals surface area contributed by atoms with E-state index in [9.17, 15) is 14.0 Å². The van der Waals surface area contributed by atoms with Crippen LogP contribution < -0.4 is 15.6 Å². The fourth-order valence-electron chi connectivity index (χ4n) is 3.13. The van der Waals surface area contributed by atoms with E-state index < -0.39 is 17.3 Å². The molecule has 1 aliphatic rings. The SMILES string of the molecule is CCNC.O=C(O)c1cc(Cc2n[nH]c(=O)c3ccc(OC4CCC4)cc23)ccc1F. The summed E-state index contributed by atoms with van der Waals surface area (Å²) in [6.07, 6.45) is 3.65. The maximum absolute atomic E-state index is 13.6. The van der Waals surface area contributed by atoms with E-state index in [2.05, 4.69) is 22.4 Å². The molecule has 1 aliphatic carbocycles. The van der Waals surface area contributed by atoms with Crippen LogP contribution in [0, 0.1) is 5.82 Å². The summed E-state index contributed by atoms with van der Waals surface area (Å²) in [6, 6.07) is 9.16. The Labute approximate surface area is 179 Å². The summed E-state index contributed by atoms with van der Waals surface area (Å²) >= 11 is 0. The number of fused-ring (bicyclic) bond motifs is 1. The molecule has 0 amide bonds. The lowest BCUT2D eigenvalue weighted by molar-refractivity contribution is 0.0691. The van der Waals surface area contributed by atoms with E-state index >= 15 is 0 Å². The second-order valence-electron chi connectivity index (χ2n) is 7.38. The number of aromatic carboxylic acids is 1. The van der Waals surface area contributed by atoms with Gasteiger partial charge < -0.3 is 15.2 Å². The Balaban J connectivity index is 0.000000628. The van der Waals surface area contributed by atoms with Crippen molar-refractivity contribution in [2.45, 2.75) is 38.7 Å². The van der Waals surface area contributed by atoms with Crippen LogP contribution >= 0.6 is 0 Å². The van der Waals surface area contributed by atoms with E-state index in [-0.39, 0.29) is 18.1 Å². The van der Waals surface area contributed by atoms with Gasteiger partial charge in [0.15, 0.2) is 0 Å². The Bertz CT molecular complexity index is 1120. The Morgan fingerprint density at radius 2 is 2.00 bits per heavy atom. The molecule has 0 bridgehead atoms. The van der Waals surface area contributed by atoms with E-state index in [0.29, 0.717) is 27.8 Å². The van der Waals surface area contributed by atoms with Crippen LogP contribution in [-0.4, -0.2) is 41.0 Å². The molecule has 3 aromatic rings. The molecule has 8 heteroatoms. The molecule has 1 fully saturated rings. The Hall–Kier alpha value is -3.26. The molecule has 0 saturated heterocycles. The maximum Gasteiger partial charge on any atom is 0.338 e. The van der Waals surface area contributed by atoms with Crippen LogP contribution in [-0.2, 0) is 6.42 Å². The van der Waals surface area contributed by atoms with Crippen molar-refractivity contribution in [2.75, 3.05) is 13.6 Å². The van der Waals surface area contributed by atoms with Crippen molar-refractivity contribution in [1.29, 1.82) is 0 Å². The normalized spacial score (nSPS) is 13.3. The minimum atomic E-state index is -1.33. The number of aromatic amines is 1. The van der Waals surface area contributed by atoms with Gasteiger partial charge in [0, 0.05) is 11.8 Å². The minimum Gasteiger partial charge on any atom is -0.490 e. The summed E-state index contributed by atoms with van der Waals surface area (Å²) < 4.78 is 19.5. The van der Waals surface area contributed by atoms with Crippen LogP contribution in [0.4, 0.5) is 4.39 Å². The lowest BCUT2D eigenvalue weighted by Crippen LogP contribution is -2.24. The van der Waals surface area contributed by atoms with E-state index in [1.54, 1.807) is 18.2 Å². The largest absolute Gasteiger partial charge is 0.490 e. The molecule has 0 aliphatic heterocycles. The first kappa shape index (κ1) is 22.4. The predicted molar refractivity (Wildman–Crippen MR) is 116 cm³/mol. The zero-order valence-electron chi connectivity index (χ0n) is 17.6. The average molecular weight is 427 g/mol. The number of nitrogens with one attached hydrogen (secondary N) is 2. The number of carboxylic acids is 1. The van der Waals surface area contributed by atoms with Gasteiger partial charge in [-0.25, -0.2) is 14.3 Å². The van der Waals surface area contributed by atoms with E-state index in [4.69, 9.17) is 9.84 Å². The number of H-pyrrole nitrogens is 1. The van der Waals surface area contributed by atoms with Crippen molar-refractivity contribution in [2.24, 2.45) is 0 Å². The highest BCUT2D eigenvalue weighted by atomic mass is 19.1. The summed E-state index contributed by atoms with van der Waals surface area (Å²) in [5.41, 5.74) is 0.441. The molecule has 3 N–H and O–H groups in total. The molecule has 4 rings (SSSR count). The molecule has 0 unspecified atom stereocenters. The quantitative estimate of drug-likeness (QED) is 0.556. The lowest BCUT2D eigenvalue weighted by Gasteiger charge is -2.26. The molecular weight excluding hydrogens is 401 g/mol. The van der Waals surface area contributed by atoms with Gasteiger partial charge in [0.05, 0.1) is 22.7 Å². The van der Waals surface area contributed by atoms with Gasteiger partial charge in [0.25, 0.3) is 5.56 Å². The number of rotatable bonds is 6. The van der Waals surface area contributed by atoms with Crippen LogP contribution in [0.25, 0.3) is 10.8 Å². The topological polar surface area (TPSA) is 104 Å². The second kappa shape index (κ2) is 10.2. The smallest absolute Gasteiger partial charge is 0.338 e. The molecule has 31 heavy (non-hydrogen) atoms. The number of carbonyl (C=O) groups is 1. The van der Waals surface area contributed by atoms with Gasteiger partial charge in [-0.15, -0.1) is 0 Å². The van der Waals surface area contributed by atoms with Gasteiger partial charge in [-0.3, -0.25) is 4.79 Å². The highest BCUT2D eigenvalue weighted by Crippen LogP contribution is 2.28. The highest BCUT2D eigenvalue weighted by Gasteiger charge is 2.20. The molecule has 0 atom stereocenters. The van der Waals surface area contributed by atoms with Crippen molar-refractivity contribution in [3.8, 4) is 5.75 Å². The zero-order chi connectivity index (χ0) is 22.4. The van der Waals surface area contributed by atoms with Crippen molar-refractivity contribution in [3.63, 3.8) is 0 Å². The maximum atomic E-state index is 13.6. The zero-order valence-corrected chi connectivity index (χ0v) is 17.6. The number of hydrogen-bond donors (Lipinski definition) is 3. The number of aromatic nitrogens is 2. The molecule has 1 saturated carbocycles. The third-order valence-corrected chi connectivity index (χ3v) is 5.18. The molecule has 1 heterocycles. The fraction of sp³-hybridized carbons (Fsp3) is 0.348. The number of nitrogens with zero attached hydrogens (tertiary/aromatic N) is 1. The molecule has 2 aromatic carbocycles. The van der Waals surface area contributed by atoms with Crippen LogP contribution in [0.15, 0.2) is 41.2 Å². The van der Waals surface area contributed by atoms with Crippen molar-refractivity contribution < 1.29 is 19.0 Å². The van der Waals surface area contributed by atoms with E-state index in [1.807, 2.05) is 7.05 Å². The molecular formula is C23H26FN3O4. The molecule has 0 radical (unpaired) electrons. The monoisotopic (exact) mass is 427 g/mol. The Morgan fingerprint density at radius 3 is 2.61 bits per heavy atom. The van der Waals surface area contributed by atoms with Crippen LogP contribution in [0.5, 0.6) is 5.75 Å². The van der Waals surface area contributed by atoms with Crippen LogP contribution in [0.2, 0.25) is 0 Å². The van der Waals surface area contributed by atoms with Gasteiger partial charge in [-0.1, -0.05) is 13.0 Å². The summed E-state index contributed by atoms with van der Waals surface area (Å²) in [7, 11) is 1.93. The van der Waals surface area contributed by atoms with Crippen molar-refractivity contribution in [1.82, 2.24) is 15.5 Å². The Morgan fingerprint density at radius 1 is 1.26 bits per heavy atom. The van der Waals surface area contributed by atoms with Gasteiger partial charge >= 0.3 is 5.97 Å². The number of carboxylic acid groups (broad SMARTS) is 1. The van der Waals surface area contributed by atoms with E-state index in [0.717, 1.165) is 31.9 Å². The first-order chi connectivity index (χ1) is 14.9. The number of halogens is 1. The van der Waals surface area contributed by atoms with Gasteiger partial charge in [-0.2, -0.15) is 5.10 Å². The Kier molecular flexibility index (Phi) is 7.36. The molecule has 164 valence electrons. The van der Waals surface area contributed by atoms with Crippen molar-refractivity contribution >= 4 is 16.7 Å². The fourth-order valence-corrected chi connectivity index (χ4v) is 3.13. The van der Waals surface area contributed by atoms with Gasteiger partial charge in [-0.05, 0) is 68.8 Å². The van der Waals surface area contributed by atoms with E-state index in [1.165, 1.54) is 12.1 Å².